The van der Waals surface area contributed by atoms with E-state index >= 15 is 0 Å². The number of nitrogens with zero attached hydrogens (tertiary/aromatic N) is 2. The number of aliphatic carboxylic acids is 1. The summed E-state index contributed by atoms with van der Waals surface area (Å²) >= 11 is 7.53. The molecule has 2 heterocycles. The summed E-state index contributed by atoms with van der Waals surface area (Å²) in [5.74, 6) is -2.47. The summed E-state index contributed by atoms with van der Waals surface area (Å²) in [7, 11) is 1.24. The number of carbonyl (C=O) groups excluding carboxylic acids is 2. The van der Waals surface area contributed by atoms with Crippen LogP contribution in [0.1, 0.15) is 29.1 Å². The van der Waals surface area contributed by atoms with Gasteiger partial charge in [-0.25, -0.2) is 4.79 Å². The minimum atomic E-state index is -1.12. The smallest absolute Gasteiger partial charge is 0.341 e. The summed E-state index contributed by atoms with van der Waals surface area (Å²) in [6.45, 7) is 3.26. The molecule has 0 amide bonds. The molecule has 0 unspecified atom stereocenters. The molecule has 0 saturated heterocycles. The number of carboxylic acid groups (broad SMARTS) is 1. The first kappa shape index (κ1) is 23.6. The molecular formula is C20H18N2O7S3. The van der Waals surface area contributed by atoms with Crippen LogP contribution in [0.4, 0.5) is 5.69 Å². The molecule has 1 aliphatic rings. The zero-order valence-corrected chi connectivity index (χ0v) is 19.7. The third kappa shape index (κ3) is 4.73. The molecule has 0 radical (unpaired) electrons. The van der Waals surface area contributed by atoms with Crippen LogP contribution in [0.3, 0.4) is 0 Å². The number of rotatable bonds is 6. The number of thioether (sulfide) groups is 1. The summed E-state index contributed by atoms with van der Waals surface area (Å²) in [5.41, 5.74) is 3.93. The quantitative estimate of drug-likeness (QED) is 0.265. The van der Waals surface area contributed by atoms with Crippen molar-refractivity contribution in [2.45, 2.75) is 25.3 Å². The molecule has 1 aliphatic heterocycles. The fourth-order valence-electron chi connectivity index (χ4n) is 2.95. The zero-order chi connectivity index (χ0) is 23.6. The molecule has 2 N–H and O–H groups in total. The Labute approximate surface area is 196 Å². The Morgan fingerprint density at radius 1 is 1.31 bits per heavy atom. The number of hydrogen-bond acceptors (Lipinski definition) is 10. The van der Waals surface area contributed by atoms with Crippen LogP contribution in [-0.2, 0) is 20.9 Å². The molecule has 0 fully saturated rings. The SMILES string of the molecule is CCN1C(=C=Cc2sc(=S)n(CC(=O)O)c2O)Sc2cc(OC(C)=O)c(C(=O)OC)cc21. The van der Waals surface area contributed by atoms with Gasteiger partial charge in [-0.2, -0.15) is 0 Å². The number of ether oxygens (including phenoxy) is 2. The molecule has 0 saturated carbocycles. The normalized spacial score (nSPS) is 12.2. The van der Waals surface area contributed by atoms with Crippen LogP contribution in [-0.4, -0.2) is 46.3 Å². The number of thiazole rings is 1. The number of aromatic nitrogens is 1. The molecule has 3 rings (SSSR count). The fraction of sp³-hybridized carbons (Fsp3) is 0.250. The van der Waals surface area contributed by atoms with Gasteiger partial charge in [-0.3, -0.25) is 14.2 Å². The number of anilines is 1. The van der Waals surface area contributed by atoms with Crippen molar-refractivity contribution in [1.82, 2.24) is 4.57 Å². The number of carbonyl (C=O) groups is 3. The lowest BCUT2D eigenvalue weighted by Crippen LogP contribution is -2.17. The summed E-state index contributed by atoms with van der Waals surface area (Å²) in [6.07, 6.45) is 1.53. The molecular weight excluding hydrogens is 476 g/mol. The predicted octanol–water partition coefficient (Wildman–Crippen LogP) is 3.87. The molecule has 0 bridgehead atoms. The minimum absolute atomic E-state index is 0.0956. The predicted molar refractivity (Wildman–Crippen MR) is 122 cm³/mol. The van der Waals surface area contributed by atoms with Crippen molar-refractivity contribution < 1.29 is 34.1 Å². The van der Waals surface area contributed by atoms with E-state index in [1.807, 2.05) is 11.8 Å². The Balaban J connectivity index is 2.05. The van der Waals surface area contributed by atoms with Crippen molar-refractivity contribution in [2.24, 2.45) is 0 Å². The minimum Gasteiger partial charge on any atom is -0.493 e. The lowest BCUT2D eigenvalue weighted by molar-refractivity contribution is -0.137. The maximum absolute atomic E-state index is 12.2. The van der Waals surface area contributed by atoms with Gasteiger partial charge in [0.05, 0.1) is 17.7 Å². The van der Waals surface area contributed by atoms with Crippen molar-refractivity contribution in [2.75, 3.05) is 18.6 Å². The average molecular weight is 495 g/mol. The monoisotopic (exact) mass is 494 g/mol. The van der Waals surface area contributed by atoms with Gasteiger partial charge in [0.1, 0.15) is 22.9 Å². The van der Waals surface area contributed by atoms with E-state index in [9.17, 15) is 19.5 Å². The molecule has 0 aliphatic carbocycles. The average Bonchev–Trinajstić information content (AvgIpc) is 3.20. The van der Waals surface area contributed by atoms with Gasteiger partial charge in [0.25, 0.3) is 0 Å². The molecule has 2 aromatic rings. The van der Waals surface area contributed by atoms with E-state index in [4.69, 9.17) is 26.8 Å². The molecule has 32 heavy (non-hydrogen) atoms. The number of esters is 2. The second-order valence-corrected chi connectivity index (χ2v) is 9.08. The first-order valence-electron chi connectivity index (χ1n) is 9.17. The van der Waals surface area contributed by atoms with E-state index < -0.39 is 24.5 Å². The van der Waals surface area contributed by atoms with Crippen LogP contribution in [0.2, 0.25) is 0 Å². The molecule has 1 aromatic carbocycles. The first-order chi connectivity index (χ1) is 15.2. The van der Waals surface area contributed by atoms with Gasteiger partial charge in [0.2, 0.25) is 5.88 Å². The van der Waals surface area contributed by atoms with Gasteiger partial charge >= 0.3 is 17.9 Å². The first-order valence-corrected chi connectivity index (χ1v) is 11.2. The summed E-state index contributed by atoms with van der Waals surface area (Å²) in [4.78, 5) is 37.6. The number of hydrogen-bond donors (Lipinski definition) is 2. The lowest BCUT2D eigenvalue weighted by Gasteiger charge is -2.17. The third-order valence-corrected chi connectivity index (χ3v) is 6.76. The third-order valence-electron chi connectivity index (χ3n) is 4.29. The highest BCUT2D eigenvalue weighted by Gasteiger charge is 2.28. The fourth-order valence-corrected chi connectivity index (χ4v) is 5.24. The van der Waals surface area contributed by atoms with Gasteiger partial charge < -0.3 is 24.6 Å². The standard InChI is InChI=1S/C20H18N2O7S3/c1-4-21-12-7-11(19(27)28-3)13(29-10(2)23)8-15(12)31-16(21)6-5-14-18(26)22(9-17(24)25)20(30)32-14/h5,7-8,26H,4,9H2,1-3H3,(H,24,25). The van der Waals surface area contributed by atoms with E-state index in [0.717, 1.165) is 20.8 Å². The van der Waals surface area contributed by atoms with Crippen LogP contribution in [0.5, 0.6) is 11.6 Å². The number of benzene rings is 1. The maximum atomic E-state index is 12.2. The highest BCUT2D eigenvalue weighted by molar-refractivity contribution is 8.03. The summed E-state index contributed by atoms with van der Waals surface area (Å²) in [6, 6.07) is 3.19. The topological polar surface area (TPSA) is 118 Å². The van der Waals surface area contributed by atoms with Gasteiger partial charge in [-0.1, -0.05) is 17.5 Å². The number of fused-ring (bicyclic) bond motifs is 1. The maximum Gasteiger partial charge on any atom is 0.341 e. The number of methoxy groups -OCH3 is 1. The van der Waals surface area contributed by atoms with Crippen LogP contribution in [0.15, 0.2) is 27.8 Å². The van der Waals surface area contributed by atoms with Crippen molar-refractivity contribution in [3.63, 3.8) is 0 Å². The van der Waals surface area contributed by atoms with E-state index in [1.54, 1.807) is 12.1 Å². The van der Waals surface area contributed by atoms with Gasteiger partial charge in [-0.15, -0.1) is 11.3 Å². The Hall–Kier alpha value is -3.05. The molecule has 0 atom stereocenters. The summed E-state index contributed by atoms with van der Waals surface area (Å²) < 4.78 is 11.4. The van der Waals surface area contributed by atoms with Crippen molar-refractivity contribution in [1.29, 1.82) is 0 Å². The van der Waals surface area contributed by atoms with Crippen LogP contribution in [0, 0.1) is 3.95 Å². The van der Waals surface area contributed by atoms with E-state index in [0.29, 0.717) is 22.1 Å². The van der Waals surface area contributed by atoms with Crippen molar-refractivity contribution in [3.05, 3.63) is 37.3 Å². The van der Waals surface area contributed by atoms with Crippen molar-refractivity contribution in [3.8, 4) is 11.6 Å². The van der Waals surface area contributed by atoms with Gasteiger partial charge in [0, 0.05) is 24.4 Å². The Morgan fingerprint density at radius 2 is 2.03 bits per heavy atom. The Bertz CT molecular complexity index is 1240. The Kier molecular flexibility index (Phi) is 7.09. The zero-order valence-electron chi connectivity index (χ0n) is 17.2. The van der Waals surface area contributed by atoms with E-state index in [1.165, 1.54) is 31.9 Å². The second kappa shape index (κ2) is 9.61. The van der Waals surface area contributed by atoms with Crippen molar-refractivity contribution >= 4 is 65.0 Å². The van der Waals surface area contributed by atoms with Gasteiger partial charge in [0.15, 0.2) is 3.95 Å². The Morgan fingerprint density at radius 3 is 2.62 bits per heavy atom. The molecule has 1 aromatic heterocycles. The van der Waals surface area contributed by atoms with Crippen LogP contribution in [0.25, 0.3) is 6.08 Å². The number of aromatic hydroxyl groups is 1. The molecule has 12 heteroatoms. The highest BCUT2D eigenvalue weighted by atomic mass is 32.2. The van der Waals surface area contributed by atoms with Crippen LogP contribution >= 0.6 is 35.3 Å². The second-order valence-electron chi connectivity index (χ2n) is 6.38. The largest absolute Gasteiger partial charge is 0.493 e. The van der Waals surface area contributed by atoms with Crippen LogP contribution < -0.4 is 9.64 Å². The molecule has 168 valence electrons. The highest BCUT2D eigenvalue weighted by Crippen LogP contribution is 2.48. The number of carboxylic acids is 1. The van der Waals surface area contributed by atoms with Gasteiger partial charge in [-0.05, 0) is 31.3 Å². The summed E-state index contributed by atoms with van der Waals surface area (Å²) in [5, 5.41) is 20.0. The van der Waals surface area contributed by atoms with E-state index in [2.05, 4.69) is 5.73 Å². The molecule has 9 nitrogen and oxygen atoms in total. The van der Waals surface area contributed by atoms with E-state index in [-0.39, 0.29) is 21.1 Å². The molecule has 0 spiro atoms. The lowest BCUT2D eigenvalue weighted by atomic mass is 10.1.